The van der Waals surface area contributed by atoms with Crippen LogP contribution in [0.15, 0.2) is 36.4 Å². The first kappa shape index (κ1) is 14.6. The second kappa shape index (κ2) is 5.17. The summed E-state index contributed by atoms with van der Waals surface area (Å²) < 4.78 is 43.8. The van der Waals surface area contributed by atoms with Gasteiger partial charge in [-0.05, 0) is 36.4 Å². The molecule has 1 N–H and O–H groups in total. The van der Waals surface area contributed by atoms with Gasteiger partial charge in [0.05, 0.1) is 22.9 Å². The summed E-state index contributed by atoms with van der Waals surface area (Å²) in [6, 6.07) is 8.19. The topological polar surface area (TPSA) is 42.4 Å². The van der Waals surface area contributed by atoms with Crippen LogP contribution in [0.25, 0.3) is 20.8 Å². The van der Waals surface area contributed by atoms with Crippen LogP contribution in [-0.2, 0) is 6.18 Å². The maximum Gasteiger partial charge on any atom is 0.416 e. The average molecular weight is 325 g/mol. The third kappa shape index (κ3) is 2.59. The van der Waals surface area contributed by atoms with E-state index in [2.05, 4.69) is 4.98 Å². The van der Waals surface area contributed by atoms with Crippen molar-refractivity contribution in [1.82, 2.24) is 4.98 Å². The number of ether oxygens (including phenoxy) is 1. The second-order valence-electron chi connectivity index (χ2n) is 4.59. The largest absolute Gasteiger partial charge is 0.504 e. The zero-order chi connectivity index (χ0) is 15.9. The molecule has 0 spiro atoms. The molecule has 3 rings (SSSR count). The molecule has 3 nitrogen and oxygen atoms in total. The van der Waals surface area contributed by atoms with E-state index in [1.54, 1.807) is 12.1 Å². The van der Waals surface area contributed by atoms with Crippen molar-refractivity contribution in [2.45, 2.75) is 6.18 Å². The van der Waals surface area contributed by atoms with Gasteiger partial charge in [0.1, 0.15) is 5.01 Å². The van der Waals surface area contributed by atoms with Gasteiger partial charge in [0.15, 0.2) is 11.5 Å². The molecular weight excluding hydrogens is 315 g/mol. The summed E-state index contributed by atoms with van der Waals surface area (Å²) >= 11 is 1.28. The number of thiazole rings is 1. The lowest BCUT2D eigenvalue weighted by Crippen LogP contribution is -2.03. The van der Waals surface area contributed by atoms with E-state index in [1.807, 2.05) is 0 Å². The standard InChI is InChI=1S/C15H10F3NO2S/c1-21-12-6-8(2-4-11(12)20)14-19-10-7-9(15(16,17)18)3-5-13(10)22-14/h2-7,20H,1H3. The highest BCUT2D eigenvalue weighted by Crippen LogP contribution is 2.37. The Morgan fingerprint density at radius 3 is 2.59 bits per heavy atom. The van der Waals surface area contributed by atoms with Crippen molar-refractivity contribution in [2.75, 3.05) is 7.11 Å². The monoisotopic (exact) mass is 325 g/mol. The number of phenols is 1. The SMILES string of the molecule is COc1cc(-c2nc3cc(C(F)(F)F)ccc3s2)ccc1O. The molecule has 0 aliphatic rings. The Morgan fingerprint density at radius 2 is 1.91 bits per heavy atom. The molecule has 0 unspecified atom stereocenters. The number of hydrogen-bond acceptors (Lipinski definition) is 4. The molecule has 0 aliphatic carbocycles. The zero-order valence-electron chi connectivity index (χ0n) is 11.3. The van der Waals surface area contributed by atoms with Gasteiger partial charge in [-0.25, -0.2) is 4.98 Å². The van der Waals surface area contributed by atoms with E-state index in [-0.39, 0.29) is 11.5 Å². The van der Waals surface area contributed by atoms with Crippen LogP contribution in [0.5, 0.6) is 11.5 Å². The predicted molar refractivity (Wildman–Crippen MR) is 78.3 cm³/mol. The number of benzene rings is 2. The van der Waals surface area contributed by atoms with E-state index >= 15 is 0 Å². The number of alkyl halides is 3. The number of fused-ring (bicyclic) bond motifs is 1. The van der Waals surface area contributed by atoms with Crippen LogP contribution in [0.4, 0.5) is 13.2 Å². The van der Waals surface area contributed by atoms with Crippen LogP contribution in [0.2, 0.25) is 0 Å². The van der Waals surface area contributed by atoms with Gasteiger partial charge in [-0.2, -0.15) is 13.2 Å². The fourth-order valence-electron chi connectivity index (χ4n) is 2.04. The Morgan fingerprint density at radius 1 is 1.14 bits per heavy atom. The first-order valence-corrected chi connectivity index (χ1v) is 7.05. The van der Waals surface area contributed by atoms with Crippen LogP contribution < -0.4 is 4.74 Å². The number of aromatic nitrogens is 1. The van der Waals surface area contributed by atoms with E-state index in [0.29, 0.717) is 20.8 Å². The molecule has 0 amide bonds. The average Bonchev–Trinajstić information content (AvgIpc) is 2.89. The van der Waals surface area contributed by atoms with Crippen molar-refractivity contribution >= 4 is 21.6 Å². The molecule has 22 heavy (non-hydrogen) atoms. The summed E-state index contributed by atoms with van der Waals surface area (Å²) in [6.07, 6.45) is -4.39. The molecule has 0 saturated heterocycles. The molecule has 0 atom stereocenters. The van der Waals surface area contributed by atoms with Gasteiger partial charge in [-0.3, -0.25) is 0 Å². The van der Waals surface area contributed by atoms with Crippen LogP contribution >= 0.6 is 11.3 Å². The highest BCUT2D eigenvalue weighted by molar-refractivity contribution is 7.21. The first-order chi connectivity index (χ1) is 10.4. The van der Waals surface area contributed by atoms with Crippen molar-refractivity contribution in [3.63, 3.8) is 0 Å². The molecule has 114 valence electrons. The van der Waals surface area contributed by atoms with Gasteiger partial charge >= 0.3 is 6.18 Å². The fourth-order valence-corrected chi connectivity index (χ4v) is 2.98. The molecule has 3 aromatic rings. The highest BCUT2D eigenvalue weighted by atomic mass is 32.1. The molecule has 0 saturated carbocycles. The number of halogens is 3. The zero-order valence-corrected chi connectivity index (χ0v) is 12.1. The Kier molecular flexibility index (Phi) is 3.44. The maximum absolute atomic E-state index is 12.7. The summed E-state index contributed by atoms with van der Waals surface area (Å²) in [5, 5.41) is 10.1. The van der Waals surface area contributed by atoms with Crippen molar-refractivity contribution in [1.29, 1.82) is 0 Å². The van der Waals surface area contributed by atoms with E-state index < -0.39 is 11.7 Å². The van der Waals surface area contributed by atoms with Crippen LogP contribution in [0.1, 0.15) is 5.56 Å². The Bertz CT molecular complexity index is 842. The Balaban J connectivity index is 2.09. The summed E-state index contributed by atoms with van der Waals surface area (Å²) in [5.41, 5.74) is 0.242. The molecular formula is C15H10F3NO2S. The molecule has 2 aromatic carbocycles. The summed E-state index contributed by atoms with van der Waals surface area (Å²) in [7, 11) is 1.42. The minimum Gasteiger partial charge on any atom is -0.504 e. The molecule has 0 aliphatic heterocycles. The molecule has 1 heterocycles. The lowest BCUT2D eigenvalue weighted by molar-refractivity contribution is -0.137. The number of nitrogens with zero attached hydrogens (tertiary/aromatic N) is 1. The van der Waals surface area contributed by atoms with Crippen molar-refractivity contribution < 1.29 is 23.0 Å². The quantitative estimate of drug-likeness (QED) is 0.743. The first-order valence-electron chi connectivity index (χ1n) is 6.23. The van der Waals surface area contributed by atoms with Gasteiger partial charge in [-0.1, -0.05) is 0 Å². The Labute approximate surface area is 127 Å². The van der Waals surface area contributed by atoms with E-state index in [1.165, 1.54) is 30.6 Å². The van der Waals surface area contributed by atoms with Crippen LogP contribution in [0.3, 0.4) is 0 Å². The summed E-state index contributed by atoms with van der Waals surface area (Å²) in [5.74, 6) is 0.277. The molecule has 0 bridgehead atoms. The predicted octanol–water partition coefficient (Wildman–Crippen LogP) is 4.70. The number of rotatable bonds is 2. The third-order valence-corrected chi connectivity index (χ3v) is 4.23. The number of aromatic hydroxyl groups is 1. The smallest absolute Gasteiger partial charge is 0.416 e. The molecule has 1 aromatic heterocycles. The third-order valence-electron chi connectivity index (χ3n) is 3.14. The van der Waals surface area contributed by atoms with E-state index in [0.717, 1.165) is 12.1 Å². The molecule has 0 fully saturated rings. The number of methoxy groups -OCH3 is 1. The number of phenolic OH excluding ortho intramolecular Hbond substituents is 1. The Hall–Kier alpha value is -2.28. The van der Waals surface area contributed by atoms with Crippen molar-refractivity contribution in [3.8, 4) is 22.1 Å². The van der Waals surface area contributed by atoms with Crippen molar-refractivity contribution in [3.05, 3.63) is 42.0 Å². The van der Waals surface area contributed by atoms with E-state index in [4.69, 9.17) is 4.74 Å². The lowest BCUT2D eigenvalue weighted by Gasteiger charge is -2.05. The molecule has 7 heteroatoms. The van der Waals surface area contributed by atoms with Gasteiger partial charge in [-0.15, -0.1) is 11.3 Å². The summed E-state index contributed by atoms with van der Waals surface area (Å²) in [6.45, 7) is 0. The fraction of sp³-hybridized carbons (Fsp3) is 0.133. The van der Waals surface area contributed by atoms with Gasteiger partial charge in [0.25, 0.3) is 0 Å². The van der Waals surface area contributed by atoms with Gasteiger partial charge < -0.3 is 9.84 Å². The minimum absolute atomic E-state index is 0.00767. The second-order valence-corrected chi connectivity index (χ2v) is 5.62. The normalized spacial score (nSPS) is 11.8. The van der Waals surface area contributed by atoms with Crippen LogP contribution in [0, 0.1) is 0 Å². The summed E-state index contributed by atoms with van der Waals surface area (Å²) in [4.78, 5) is 4.24. The van der Waals surface area contributed by atoms with Gasteiger partial charge in [0.2, 0.25) is 0 Å². The number of hydrogen-bond donors (Lipinski definition) is 1. The lowest BCUT2D eigenvalue weighted by atomic mass is 10.2. The van der Waals surface area contributed by atoms with Gasteiger partial charge in [0, 0.05) is 5.56 Å². The van der Waals surface area contributed by atoms with Crippen LogP contribution in [-0.4, -0.2) is 17.2 Å². The van der Waals surface area contributed by atoms with Crippen molar-refractivity contribution in [2.24, 2.45) is 0 Å². The highest BCUT2D eigenvalue weighted by Gasteiger charge is 2.30. The maximum atomic E-state index is 12.7. The van der Waals surface area contributed by atoms with E-state index in [9.17, 15) is 18.3 Å². The molecule has 0 radical (unpaired) electrons. The minimum atomic E-state index is -4.39.